The summed E-state index contributed by atoms with van der Waals surface area (Å²) >= 11 is 1.63. The van der Waals surface area contributed by atoms with E-state index in [9.17, 15) is 4.79 Å². The molecule has 0 amide bonds. The molecule has 1 atom stereocenters. The van der Waals surface area contributed by atoms with Crippen molar-refractivity contribution in [1.29, 1.82) is 0 Å². The second kappa shape index (κ2) is 6.19. The summed E-state index contributed by atoms with van der Waals surface area (Å²) in [4.78, 5) is 13.1. The first-order valence-electron chi connectivity index (χ1n) is 7.07. The predicted molar refractivity (Wildman–Crippen MR) is 82.9 cm³/mol. The van der Waals surface area contributed by atoms with E-state index in [2.05, 4.69) is 38.1 Å². The van der Waals surface area contributed by atoms with Gasteiger partial charge >= 0.3 is 5.97 Å². The Hall–Kier alpha value is -1.00. The summed E-state index contributed by atoms with van der Waals surface area (Å²) in [6, 6.07) is 8.48. The molecule has 0 saturated heterocycles. The highest BCUT2D eigenvalue weighted by atomic mass is 32.2. The highest BCUT2D eigenvalue weighted by Gasteiger charge is 2.48. The van der Waals surface area contributed by atoms with E-state index < -0.39 is 5.54 Å². The van der Waals surface area contributed by atoms with Crippen molar-refractivity contribution in [2.75, 3.05) is 12.9 Å². The van der Waals surface area contributed by atoms with E-state index in [1.165, 1.54) is 12.7 Å². The van der Waals surface area contributed by atoms with Crippen molar-refractivity contribution in [2.45, 2.75) is 43.0 Å². The standard InChI is InChI=1S/C16H23NO2S/c1-11(2)12-4-8-14(9-5-12)20-10-16(17,13-6-7-13)15(18)19-3/h4-5,8-9,11,13H,6-7,10,17H2,1-3H3. The smallest absolute Gasteiger partial charge is 0.327 e. The van der Waals surface area contributed by atoms with E-state index in [4.69, 9.17) is 10.5 Å². The number of hydrogen-bond donors (Lipinski definition) is 1. The quantitative estimate of drug-likeness (QED) is 0.646. The van der Waals surface area contributed by atoms with Gasteiger partial charge in [0.2, 0.25) is 0 Å². The van der Waals surface area contributed by atoms with E-state index in [0.29, 0.717) is 11.7 Å². The summed E-state index contributed by atoms with van der Waals surface area (Å²) in [6.45, 7) is 4.36. The number of carbonyl (C=O) groups is 1. The molecule has 1 fully saturated rings. The lowest BCUT2D eigenvalue weighted by Gasteiger charge is -2.26. The van der Waals surface area contributed by atoms with Gasteiger partial charge in [0.05, 0.1) is 7.11 Å². The fourth-order valence-electron chi connectivity index (χ4n) is 2.28. The van der Waals surface area contributed by atoms with Crippen LogP contribution in [0.1, 0.15) is 38.2 Å². The number of hydrogen-bond acceptors (Lipinski definition) is 4. The highest BCUT2D eigenvalue weighted by Crippen LogP contribution is 2.41. The molecule has 0 bridgehead atoms. The van der Waals surface area contributed by atoms with E-state index >= 15 is 0 Å². The Morgan fingerprint density at radius 1 is 1.40 bits per heavy atom. The van der Waals surface area contributed by atoms with Crippen LogP contribution in [0.25, 0.3) is 0 Å². The average molecular weight is 293 g/mol. The summed E-state index contributed by atoms with van der Waals surface area (Å²) in [5, 5.41) is 0. The molecule has 1 saturated carbocycles. The first kappa shape index (κ1) is 15.4. The van der Waals surface area contributed by atoms with Crippen molar-refractivity contribution in [3.8, 4) is 0 Å². The lowest BCUT2D eigenvalue weighted by Crippen LogP contribution is -2.53. The third kappa shape index (κ3) is 3.36. The maximum Gasteiger partial charge on any atom is 0.327 e. The van der Waals surface area contributed by atoms with Crippen LogP contribution in [-0.4, -0.2) is 24.4 Å². The lowest BCUT2D eigenvalue weighted by atomic mass is 9.97. The summed E-state index contributed by atoms with van der Waals surface area (Å²) in [7, 11) is 1.41. The van der Waals surface area contributed by atoms with Crippen molar-refractivity contribution in [2.24, 2.45) is 11.7 Å². The summed E-state index contributed by atoms with van der Waals surface area (Å²) in [5.74, 6) is 1.10. The molecule has 110 valence electrons. The van der Waals surface area contributed by atoms with Gasteiger partial charge in [-0.2, -0.15) is 0 Å². The molecule has 1 aromatic carbocycles. The monoisotopic (exact) mass is 293 g/mol. The third-order valence-corrected chi connectivity index (χ3v) is 5.12. The molecule has 0 spiro atoms. The first-order chi connectivity index (χ1) is 9.47. The molecule has 1 aliphatic rings. The largest absolute Gasteiger partial charge is 0.468 e. The van der Waals surface area contributed by atoms with Crippen LogP contribution in [0.2, 0.25) is 0 Å². The zero-order chi connectivity index (χ0) is 14.8. The van der Waals surface area contributed by atoms with Gasteiger partial charge in [-0.05, 0) is 42.4 Å². The molecule has 20 heavy (non-hydrogen) atoms. The number of esters is 1. The van der Waals surface area contributed by atoms with Gasteiger partial charge in [-0.3, -0.25) is 4.79 Å². The van der Waals surface area contributed by atoms with Gasteiger partial charge in [0.25, 0.3) is 0 Å². The second-order valence-electron chi connectivity index (χ2n) is 5.82. The zero-order valence-electron chi connectivity index (χ0n) is 12.4. The fourth-order valence-corrected chi connectivity index (χ4v) is 3.37. The molecular formula is C16H23NO2S. The molecule has 1 unspecified atom stereocenters. The Morgan fingerprint density at radius 2 is 2.00 bits per heavy atom. The highest BCUT2D eigenvalue weighted by molar-refractivity contribution is 7.99. The second-order valence-corrected chi connectivity index (χ2v) is 6.87. The molecule has 4 heteroatoms. The SMILES string of the molecule is COC(=O)C(N)(CSc1ccc(C(C)C)cc1)C1CC1. The Kier molecular flexibility index (Phi) is 4.76. The molecular weight excluding hydrogens is 270 g/mol. The van der Waals surface area contributed by atoms with Crippen LogP contribution in [0.15, 0.2) is 29.2 Å². The van der Waals surface area contributed by atoms with Crippen LogP contribution < -0.4 is 5.73 Å². The van der Waals surface area contributed by atoms with Crippen LogP contribution in [-0.2, 0) is 9.53 Å². The van der Waals surface area contributed by atoms with E-state index in [0.717, 1.165) is 17.7 Å². The number of ether oxygens (including phenoxy) is 1. The maximum atomic E-state index is 11.9. The van der Waals surface area contributed by atoms with Crippen LogP contribution >= 0.6 is 11.8 Å². The molecule has 0 aliphatic heterocycles. The predicted octanol–water partition coefficient (Wildman–Crippen LogP) is 3.18. The van der Waals surface area contributed by atoms with E-state index in [1.807, 2.05) is 0 Å². The Balaban J connectivity index is 2.00. The number of methoxy groups -OCH3 is 1. The minimum absolute atomic E-state index is 0.275. The van der Waals surface area contributed by atoms with Crippen LogP contribution in [0.5, 0.6) is 0 Å². The van der Waals surface area contributed by atoms with E-state index in [1.54, 1.807) is 11.8 Å². The summed E-state index contributed by atoms with van der Waals surface area (Å²) < 4.78 is 4.88. The number of thioether (sulfide) groups is 1. The molecule has 0 heterocycles. The van der Waals surface area contributed by atoms with E-state index in [-0.39, 0.29) is 11.9 Å². The van der Waals surface area contributed by atoms with Crippen LogP contribution in [0, 0.1) is 5.92 Å². The summed E-state index contributed by atoms with van der Waals surface area (Å²) in [6.07, 6.45) is 2.05. The van der Waals surface area contributed by atoms with Crippen molar-refractivity contribution in [3.63, 3.8) is 0 Å². The minimum Gasteiger partial charge on any atom is -0.468 e. The first-order valence-corrected chi connectivity index (χ1v) is 8.06. The molecule has 0 radical (unpaired) electrons. The van der Waals surface area contributed by atoms with Gasteiger partial charge in [0.1, 0.15) is 5.54 Å². The number of carbonyl (C=O) groups excluding carboxylic acids is 1. The molecule has 2 N–H and O–H groups in total. The molecule has 1 aliphatic carbocycles. The van der Waals surface area contributed by atoms with Crippen molar-refractivity contribution in [3.05, 3.63) is 29.8 Å². The normalized spacial score (nSPS) is 17.9. The van der Waals surface area contributed by atoms with Crippen molar-refractivity contribution >= 4 is 17.7 Å². The average Bonchev–Trinajstić information content (AvgIpc) is 3.29. The molecule has 1 aromatic rings. The van der Waals surface area contributed by atoms with Gasteiger partial charge in [-0.15, -0.1) is 11.8 Å². The summed E-state index contributed by atoms with van der Waals surface area (Å²) in [5.41, 5.74) is 6.77. The lowest BCUT2D eigenvalue weighted by molar-refractivity contribution is -0.146. The molecule has 3 nitrogen and oxygen atoms in total. The third-order valence-electron chi connectivity index (χ3n) is 3.90. The van der Waals surface area contributed by atoms with Crippen molar-refractivity contribution in [1.82, 2.24) is 0 Å². The van der Waals surface area contributed by atoms with Gasteiger partial charge in [0, 0.05) is 10.6 Å². The topological polar surface area (TPSA) is 52.3 Å². The fraction of sp³-hybridized carbons (Fsp3) is 0.562. The molecule has 2 rings (SSSR count). The van der Waals surface area contributed by atoms with Gasteiger partial charge in [-0.1, -0.05) is 26.0 Å². The maximum absolute atomic E-state index is 11.9. The number of rotatable bonds is 6. The van der Waals surface area contributed by atoms with Gasteiger partial charge in [-0.25, -0.2) is 0 Å². The van der Waals surface area contributed by atoms with Gasteiger partial charge in [0.15, 0.2) is 0 Å². The van der Waals surface area contributed by atoms with Crippen molar-refractivity contribution < 1.29 is 9.53 Å². The number of nitrogens with two attached hydrogens (primary N) is 1. The molecule has 0 aromatic heterocycles. The number of benzene rings is 1. The van der Waals surface area contributed by atoms with Crippen LogP contribution in [0.4, 0.5) is 0 Å². The minimum atomic E-state index is -0.837. The Labute approximate surface area is 125 Å². The van der Waals surface area contributed by atoms with Gasteiger partial charge < -0.3 is 10.5 Å². The Morgan fingerprint density at radius 3 is 2.45 bits per heavy atom. The zero-order valence-corrected chi connectivity index (χ0v) is 13.2. The Bertz CT molecular complexity index is 468. The van der Waals surface area contributed by atoms with Crippen LogP contribution in [0.3, 0.4) is 0 Å².